The lowest BCUT2D eigenvalue weighted by molar-refractivity contribution is 0.0955. The highest BCUT2D eigenvalue weighted by Crippen LogP contribution is 2.22. The Morgan fingerprint density at radius 2 is 2.40 bits per heavy atom. The molecule has 0 saturated heterocycles. The number of methoxy groups -OCH3 is 1. The molecule has 0 unspecified atom stereocenters. The Hall–Kier alpha value is -1.66. The lowest BCUT2D eigenvalue weighted by atomic mass is 10.2. The summed E-state index contributed by atoms with van der Waals surface area (Å²) >= 11 is 5.76. The first-order chi connectivity index (χ1) is 7.19. The van der Waals surface area contributed by atoms with Crippen molar-refractivity contribution in [3.63, 3.8) is 0 Å². The third-order valence-electron chi connectivity index (χ3n) is 1.76. The van der Waals surface area contributed by atoms with E-state index in [1.54, 1.807) is 18.2 Å². The van der Waals surface area contributed by atoms with Gasteiger partial charge in [-0.2, -0.15) is 0 Å². The fourth-order valence-corrected chi connectivity index (χ4v) is 1.24. The number of hydrogen-bond acceptors (Lipinski definition) is 2. The summed E-state index contributed by atoms with van der Waals surface area (Å²) in [6.07, 6.45) is 5.03. The number of hydrogen-bond donors (Lipinski definition) is 1. The van der Waals surface area contributed by atoms with Crippen LogP contribution in [0.5, 0.6) is 5.75 Å². The van der Waals surface area contributed by atoms with Gasteiger partial charge in [-0.25, -0.2) is 0 Å². The third kappa shape index (κ3) is 2.90. The second kappa shape index (κ2) is 5.28. The van der Waals surface area contributed by atoms with E-state index >= 15 is 0 Å². The van der Waals surface area contributed by atoms with Gasteiger partial charge in [-0.15, -0.1) is 6.42 Å². The van der Waals surface area contributed by atoms with Crippen LogP contribution in [-0.2, 0) is 0 Å². The Balaban J connectivity index is 2.93. The van der Waals surface area contributed by atoms with Gasteiger partial charge in [-0.05, 0) is 18.2 Å². The van der Waals surface area contributed by atoms with Crippen LogP contribution in [0.2, 0.25) is 5.02 Å². The number of carbonyl (C=O) groups excluding carboxylic acids is 1. The van der Waals surface area contributed by atoms with Gasteiger partial charge in [-0.3, -0.25) is 4.79 Å². The third-order valence-corrected chi connectivity index (χ3v) is 1.99. The van der Waals surface area contributed by atoms with Gasteiger partial charge < -0.3 is 10.1 Å². The predicted molar refractivity (Wildman–Crippen MR) is 59.2 cm³/mol. The highest BCUT2D eigenvalue weighted by molar-refractivity contribution is 6.30. The van der Waals surface area contributed by atoms with Crippen molar-refractivity contribution in [3.8, 4) is 18.1 Å². The molecule has 0 heterocycles. The van der Waals surface area contributed by atoms with E-state index in [1.807, 2.05) is 0 Å². The second-order valence-corrected chi connectivity index (χ2v) is 3.17. The summed E-state index contributed by atoms with van der Waals surface area (Å²) in [4.78, 5) is 11.6. The number of terminal acetylenes is 1. The molecule has 0 atom stereocenters. The van der Waals surface area contributed by atoms with Crippen LogP contribution in [0.25, 0.3) is 0 Å². The zero-order valence-electron chi connectivity index (χ0n) is 8.21. The minimum Gasteiger partial charge on any atom is -0.496 e. The van der Waals surface area contributed by atoms with Crippen LogP contribution >= 0.6 is 11.6 Å². The molecule has 0 fully saturated rings. The molecule has 1 aromatic rings. The maximum absolute atomic E-state index is 11.6. The molecule has 4 heteroatoms. The van der Waals surface area contributed by atoms with Gasteiger partial charge >= 0.3 is 0 Å². The Morgan fingerprint density at radius 3 is 3.00 bits per heavy atom. The highest BCUT2D eigenvalue weighted by atomic mass is 35.5. The molecule has 78 valence electrons. The van der Waals surface area contributed by atoms with E-state index in [2.05, 4.69) is 11.2 Å². The summed E-state index contributed by atoms with van der Waals surface area (Å²) in [5, 5.41) is 3.06. The topological polar surface area (TPSA) is 38.3 Å². The molecule has 0 aliphatic rings. The average Bonchev–Trinajstić information content (AvgIpc) is 2.25. The molecule has 0 aliphatic heterocycles. The van der Waals surface area contributed by atoms with Crippen molar-refractivity contribution in [2.45, 2.75) is 0 Å². The normalized spacial score (nSPS) is 9.13. The van der Waals surface area contributed by atoms with Crippen molar-refractivity contribution in [3.05, 3.63) is 28.8 Å². The predicted octanol–water partition coefficient (Wildman–Crippen LogP) is 1.71. The molecule has 1 rings (SSSR count). The summed E-state index contributed by atoms with van der Waals surface area (Å²) in [5.74, 6) is 2.47. The maximum Gasteiger partial charge on any atom is 0.255 e. The number of amides is 1. The van der Waals surface area contributed by atoms with Crippen LogP contribution in [0.15, 0.2) is 18.2 Å². The zero-order chi connectivity index (χ0) is 11.3. The molecular formula is C11H10ClNO2. The van der Waals surface area contributed by atoms with Crippen molar-refractivity contribution in [1.82, 2.24) is 5.32 Å². The maximum atomic E-state index is 11.6. The van der Waals surface area contributed by atoms with Gasteiger partial charge in [0.15, 0.2) is 0 Å². The van der Waals surface area contributed by atoms with Crippen LogP contribution in [0.3, 0.4) is 0 Å². The first kappa shape index (κ1) is 11.4. The van der Waals surface area contributed by atoms with Gasteiger partial charge in [0.2, 0.25) is 0 Å². The fraction of sp³-hybridized carbons (Fsp3) is 0.182. The van der Waals surface area contributed by atoms with Crippen LogP contribution < -0.4 is 10.1 Å². The van der Waals surface area contributed by atoms with Crippen LogP contribution in [0, 0.1) is 12.3 Å². The van der Waals surface area contributed by atoms with Crippen molar-refractivity contribution in [2.24, 2.45) is 0 Å². The Morgan fingerprint density at radius 1 is 1.67 bits per heavy atom. The van der Waals surface area contributed by atoms with Gasteiger partial charge in [0.05, 0.1) is 19.2 Å². The van der Waals surface area contributed by atoms with Crippen molar-refractivity contribution in [2.75, 3.05) is 13.7 Å². The second-order valence-electron chi connectivity index (χ2n) is 2.73. The summed E-state index contributed by atoms with van der Waals surface area (Å²) in [5.41, 5.74) is 0.414. The number of benzene rings is 1. The first-order valence-corrected chi connectivity index (χ1v) is 4.62. The Bertz CT molecular complexity index is 410. The molecule has 3 nitrogen and oxygen atoms in total. The quantitative estimate of drug-likeness (QED) is 0.793. The Labute approximate surface area is 93.4 Å². The zero-order valence-corrected chi connectivity index (χ0v) is 8.97. The first-order valence-electron chi connectivity index (χ1n) is 4.24. The number of nitrogens with one attached hydrogen (secondary N) is 1. The lowest BCUT2D eigenvalue weighted by Gasteiger charge is -2.07. The van der Waals surface area contributed by atoms with Crippen LogP contribution in [-0.4, -0.2) is 19.6 Å². The molecule has 1 amide bonds. The van der Waals surface area contributed by atoms with Gasteiger partial charge in [0.1, 0.15) is 5.75 Å². The van der Waals surface area contributed by atoms with Crippen molar-refractivity contribution in [1.29, 1.82) is 0 Å². The molecule has 0 bridgehead atoms. The van der Waals surface area contributed by atoms with Crippen molar-refractivity contribution < 1.29 is 9.53 Å². The van der Waals surface area contributed by atoms with E-state index < -0.39 is 0 Å². The average molecular weight is 224 g/mol. The number of ether oxygens (including phenoxy) is 1. The van der Waals surface area contributed by atoms with Crippen LogP contribution in [0.4, 0.5) is 0 Å². The van der Waals surface area contributed by atoms with E-state index in [4.69, 9.17) is 22.8 Å². The summed E-state index contributed by atoms with van der Waals surface area (Å²) in [7, 11) is 1.48. The monoisotopic (exact) mass is 223 g/mol. The molecule has 15 heavy (non-hydrogen) atoms. The van der Waals surface area contributed by atoms with Gasteiger partial charge in [0.25, 0.3) is 5.91 Å². The smallest absolute Gasteiger partial charge is 0.255 e. The number of halogens is 1. The van der Waals surface area contributed by atoms with Gasteiger partial charge in [-0.1, -0.05) is 17.5 Å². The van der Waals surface area contributed by atoms with Crippen molar-refractivity contribution >= 4 is 17.5 Å². The Kier molecular flexibility index (Phi) is 4.02. The molecule has 0 aromatic heterocycles. The standard InChI is InChI=1S/C11H10ClNO2/c1-3-6-13-11(14)9-5-4-8(12)7-10(9)15-2/h1,4-5,7H,6H2,2H3,(H,13,14). The van der Waals surface area contributed by atoms with E-state index in [-0.39, 0.29) is 12.5 Å². The molecular weight excluding hydrogens is 214 g/mol. The van der Waals surface area contributed by atoms with E-state index in [0.29, 0.717) is 16.3 Å². The SMILES string of the molecule is C#CCNC(=O)c1ccc(Cl)cc1OC. The minimum atomic E-state index is -0.276. The number of carbonyl (C=O) groups is 1. The summed E-state index contributed by atoms with van der Waals surface area (Å²) < 4.78 is 5.03. The molecule has 0 aliphatic carbocycles. The molecule has 0 spiro atoms. The van der Waals surface area contributed by atoms with E-state index in [1.165, 1.54) is 7.11 Å². The fourth-order valence-electron chi connectivity index (χ4n) is 1.08. The molecule has 0 radical (unpaired) electrons. The molecule has 1 N–H and O–H groups in total. The van der Waals surface area contributed by atoms with E-state index in [0.717, 1.165) is 0 Å². The highest BCUT2D eigenvalue weighted by Gasteiger charge is 2.11. The van der Waals surface area contributed by atoms with E-state index in [9.17, 15) is 4.79 Å². The number of rotatable bonds is 3. The molecule has 0 saturated carbocycles. The molecule has 1 aromatic carbocycles. The summed E-state index contributed by atoms with van der Waals surface area (Å²) in [6.45, 7) is 0.185. The largest absolute Gasteiger partial charge is 0.496 e. The lowest BCUT2D eigenvalue weighted by Crippen LogP contribution is -2.23. The van der Waals surface area contributed by atoms with Gasteiger partial charge in [0, 0.05) is 5.02 Å². The van der Waals surface area contributed by atoms with Crippen LogP contribution in [0.1, 0.15) is 10.4 Å². The minimum absolute atomic E-state index is 0.185. The summed E-state index contributed by atoms with van der Waals surface area (Å²) in [6, 6.07) is 4.79.